The molecular formula is C17H25ClN4O2S. The van der Waals surface area contributed by atoms with E-state index < -0.39 is 16.0 Å². The standard InChI is InChI=1S/C17H25ClN4O2S/c18-13-3-1-11(2-4-13)12-5-8-22(9-6-12)17-20-14-7-10-25(23,24)15(14)16(19)21-17/h1,3-4,11-12,16-17,20-21H,2,5-10,19H2. The predicted molar refractivity (Wildman–Crippen MR) is 98.9 cm³/mol. The monoisotopic (exact) mass is 384 g/mol. The van der Waals surface area contributed by atoms with E-state index in [9.17, 15) is 8.42 Å². The van der Waals surface area contributed by atoms with Crippen LogP contribution in [0.1, 0.15) is 25.7 Å². The Morgan fingerprint density at radius 2 is 2.04 bits per heavy atom. The number of likely N-dealkylation sites (tertiary alicyclic amines) is 1. The predicted octanol–water partition coefficient (Wildman–Crippen LogP) is 1.19. The summed E-state index contributed by atoms with van der Waals surface area (Å²) in [5, 5.41) is 7.44. The number of halogens is 1. The largest absolute Gasteiger partial charge is 0.360 e. The number of piperidine rings is 1. The first-order valence-electron chi connectivity index (χ1n) is 8.96. The molecule has 1 saturated heterocycles. The highest BCUT2D eigenvalue weighted by Gasteiger charge is 2.40. The molecule has 3 aliphatic heterocycles. The molecule has 0 spiro atoms. The van der Waals surface area contributed by atoms with Gasteiger partial charge in [-0.1, -0.05) is 23.8 Å². The summed E-state index contributed by atoms with van der Waals surface area (Å²) in [5.74, 6) is 1.42. The van der Waals surface area contributed by atoms with Gasteiger partial charge in [0, 0.05) is 30.2 Å². The summed E-state index contributed by atoms with van der Waals surface area (Å²) in [6, 6.07) is 0. The van der Waals surface area contributed by atoms with E-state index in [4.69, 9.17) is 17.3 Å². The fourth-order valence-electron chi connectivity index (χ4n) is 4.40. The van der Waals surface area contributed by atoms with Crippen LogP contribution in [0.5, 0.6) is 0 Å². The maximum absolute atomic E-state index is 12.1. The number of hydrogen-bond donors (Lipinski definition) is 3. The minimum absolute atomic E-state index is 0.0840. The number of nitrogens with one attached hydrogen (secondary N) is 2. The fraction of sp³-hybridized carbons (Fsp3) is 0.647. The number of nitrogens with two attached hydrogens (primary N) is 1. The van der Waals surface area contributed by atoms with Gasteiger partial charge in [0.05, 0.1) is 16.8 Å². The highest BCUT2D eigenvalue weighted by molar-refractivity contribution is 7.95. The van der Waals surface area contributed by atoms with Gasteiger partial charge in [-0.25, -0.2) is 8.42 Å². The minimum Gasteiger partial charge on any atom is -0.360 e. The van der Waals surface area contributed by atoms with Crippen molar-refractivity contribution in [2.45, 2.75) is 38.1 Å². The third-order valence-corrected chi connectivity index (χ3v) is 8.01. The Kier molecular flexibility index (Phi) is 4.70. The molecule has 6 nitrogen and oxygen atoms in total. The number of hydrogen-bond acceptors (Lipinski definition) is 6. The zero-order chi connectivity index (χ0) is 17.6. The lowest BCUT2D eigenvalue weighted by Crippen LogP contribution is -2.64. The van der Waals surface area contributed by atoms with Gasteiger partial charge in [-0.3, -0.25) is 10.2 Å². The topological polar surface area (TPSA) is 87.5 Å². The zero-order valence-electron chi connectivity index (χ0n) is 14.1. The van der Waals surface area contributed by atoms with Crippen LogP contribution in [-0.4, -0.2) is 44.6 Å². The van der Waals surface area contributed by atoms with Crippen LogP contribution in [0.3, 0.4) is 0 Å². The van der Waals surface area contributed by atoms with E-state index in [2.05, 4.69) is 27.7 Å². The molecule has 0 saturated carbocycles. The fourth-order valence-corrected chi connectivity index (χ4v) is 6.24. The van der Waals surface area contributed by atoms with Crippen molar-refractivity contribution in [3.63, 3.8) is 0 Å². The van der Waals surface area contributed by atoms with E-state index in [-0.39, 0.29) is 12.0 Å². The molecule has 25 heavy (non-hydrogen) atoms. The molecule has 3 atom stereocenters. The Labute approximate surface area is 154 Å². The van der Waals surface area contributed by atoms with Crippen LogP contribution in [-0.2, 0) is 9.84 Å². The highest BCUT2D eigenvalue weighted by atomic mass is 35.5. The van der Waals surface area contributed by atoms with Crippen LogP contribution < -0.4 is 16.4 Å². The maximum atomic E-state index is 12.1. The van der Waals surface area contributed by atoms with Crippen LogP contribution in [0.25, 0.3) is 0 Å². The summed E-state index contributed by atoms with van der Waals surface area (Å²) < 4.78 is 24.2. The van der Waals surface area contributed by atoms with Crippen molar-refractivity contribution in [1.29, 1.82) is 0 Å². The summed E-state index contributed by atoms with van der Waals surface area (Å²) in [7, 11) is -3.19. The Balaban J connectivity index is 1.37. The van der Waals surface area contributed by atoms with E-state index in [0.29, 0.717) is 23.2 Å². The van der Waals surface area contributed by atoms with Crippen molar-refractivity contribution in [2.75, 3.05) is 18.8 Å². The van der Waals surface area contributed by atoms with Gasteiger partial charge in [-0.05, 0) is 37.2 Å². The maximum Gasteiger partial charge on any atom is 0.179 e. The summed E-state index contributed by atoms with van der Waals surface area (Å²) in [4.78, 5) is 2.69. The minimum atomic E-state index is -3.19. The molecule has 0 bridgehead atoms. The lowest BCUT2D eigenvalue weighted by Gasteiger charge is -2.43. The molecule has 1 aliphatic carbocycles. The number of sulfone groups is 1. The van der Waals surface area contributed by atoms with Crippen LogP contribution >= 0.6 is 11.6 Å². The van der Waals surface area contributed by atoms with Crippen molar-refractivity contribution in [3.05, 3.63) is 33.9 Å². The molecule has 3 heterocycles. The molecule has 0 radical (unpaired) electrons. The molecule has 0 aromatic rings. The van der Waals surface area contributed by atoms with Crippen molar-refractivity contribution < 1.29 is 8.42 Å². The smallest absolute Gasteiger partial charge is 0.179 e. The van der Waals surface area contributed by atoms with Gasteiger partial charge in [0.25, 0.3) is 0 Å². The molecule has 0 aromatic heterocycles. The number of allylic oxidation sites excluding steroid dienone is 5. The Morgan fingerprint density at radius 1 is 1.28 bits per heavy atom. The van der Waals surface area contributed by atoms with Gasteiger partial charge < -0.3 is 11.1 Å². The van der Waals surface area contributed by atoms with Crippen molar-refractivity contribution >= 4 is 21.4 Å². The summed E-state index contributed by atoms with van der Waals surface area (Å²) in [5.41, 5.74) is 6.91. The molecular weight excluding hydrogens is 360 g/mol. The van der Waals surface area contributed by atoms with Crippen molar-refractivity contribution in [1.82, 2.24) is 15.5 Å². The van der Waals surface area contributed by atoms with Crippen LogP contribution in [0.2, 0.25) is 0 Å². The highest BCUT2D eigenvalue weighted by Crippen LogP contribution is 2.33. The van der Waals surface area contributed by atoms with Crippen molar-refractivity contribution in [3.8, 4) is 0 Å². The van der Waals surface area contributed by atoms with Crippen LogP contribution in [0.15, 0.2) is 33.9 Å². The lowest BCUT2D eigenvalue weighted by molar-refractivity contribution is 0.0755. The van der Waals surface area contributed by atoms with Gasteiger partial charge in [0.15, 0.2) is 9.84 Å². The average molecular weight is 385 g/mol. The van der Waals surface area contributed by atoms with E-state index >= 15 is 0 Å². The summed E-state index contributed by atoms with van der Waals surface area (Å²) in [6.07, 6.45) is 9.49. The molecule has 0 amide bonds. The molecule has 4 aliphatic rings. The second-order valence-corrected chi connectivity index (χ2v) is 9.84. The number of rotatable bonds is 2. The van der Waals surface area contributed by atoms with E-state index in [1.165, 1.54) is 0 Å². The molecule has 4 rings (SSSR count). The molecule has 1 fully saturated rings. The van der Waals surface area contributed by atoms with Crippen LogP contribution in [0, 0.1) is 11.8 Å². The molecule has 0 aromatic carbocycles. The van der Waals surface area contributed by atoms with E-state index in [0.717, 1.165) is 43.1 Å². The lowest BCUT2D eigenvalue weighted by atomic mass is 9.81. The first-order chi connectivity index (χ1) is 11.9. The summed E-state index contributed by atoms with van der Waals surface area (Å²) in [6.45, 7) is 1.94. The molecule has 8 heteroatoms. The van der Waals surface area contributed by atoms with E-state index in [1.807, 2.05) is 6.08 Å². The number of nitrogens with zero attached hydrogens (tertiary/aromatic N) is 1. The Bertz CT molecular complexity index is 738. The molecule has 3 unspecified atom stereocenters. The Hall–Kier alpha value is -0.860. The third-order valence-electron chi connectivity index (χ3n) is 5.82. The second-order valence-electron chi connectivity index (χ2n) is 7.32. The third kappa shape index (κ3) is 3.40. The van der Waals surface area contributed by atoms with Gasteiger partial charge >= 0.3 is 0 Å². The van der Waals surface area contributed by atoms with Gasteiger partial charge in [0.1, 0.15) is 6.29 Å². The first kappa shape index (κ1) is 17.5. The van der Waals surface area contributed by atoms with Gasteiger partial charge in [-0.2, -0.15) is 0 Å². The SMILES string of the molecule is NC1NC(N2CCC(C3C=CC(Cl)=CC3)CC2)NC2=C1S(=O)(=O)CC2. The zero-order valence-corrected chi connectivity index (χ0v) is 15.7. The average Bonchev–Trinajstić information content (AvgIpc) is 2.91. The molecule has 4 N–H and O–H groups in total. The van der Waals surface area contributed by atoms with Gasteiger partial charge in [0.2, 0.25) is 0 Å². The van der Waals surface area contributed by atoms with E-state index in [1.54, 1.807) is 0 Å². The summed E-state index contributed by atoms with van der Waals surface area (Å²) >= 11 is 6.01. The van der Waals surface area contributed by atoms with Gasteiger partial charge in [-0.15, -0.1) is 0 Å². The quantitative estimate of drug-likeness (QED) is 0.662. The second kappa shape index (κ2) is 6.70. The first-order valence-corrected chi connectivity index (χ1v) is 11.0. The van der Waals surface area contributed by atoms with Crippen molar-refractivity contribution in [2.24, 2.45) is 17.6 Å². The Morgan fingerprint density at radius 3 is 2.72 bits per heavy atom. The normalized spacial score (nSPS) is 36.1. The molecule has 138 valence electrons. The van der Waals surface area contributed by atoms with Crippen LogP contribution in [0.4, 0.5) is 0 Å².